The summed E-state index contributed by atoms with van der Waals surface area (Å²) in [5.41, 5.74) is 0.662. The van der Waals surface area contributed by atoms with Crippen LogP contribution in [0, 0.1) is 6.92 Å². The smallest absolute Gasteiger partial charge is 0.242 e. The molecule has 0 bridgehead atoms. The van der Waals surface area contributed by atoms with Crippen molar-refractivity contribution in [1.82, 2.24) is 4.72 Å². The lowest BCUT2D eigenvalue weighted by Crippen LogP contribution is -2.34. The lowest BCUT2D eigenvalue weighted by Gasteiger charge is -2.14. The van der Waals surface area contributed by atoms with E-state index in [1.165, 1.54) is 11.3 Å². The van der Waals surface area contributed by atoms with E-state index in [2.05, 4.69) is 4.72 Å². The van der Waals surface area contributed by atoms with Gasteiger partial charge in [-0.1, -0.05) is 0 Å². The quantitative estimate of drug-likeness (QED) is 0.793. The second-order valence-electron chi connectivity index (χ2n) is 4.13. The SMILES string of the molecule is COCCC(C)NS(=O)(=O)c1c(C)csc1CO. The van der Waals surface area contributed by atoms with Gasteiger partial charge in [0.2, 0.25) is 10.0 Å². The van der Waals surface area contributed by atoms with Crippen LogP contribution in [0.2, 0.25) is 0 Å². The highest BCUT2D eigenvalue weighted by atomic mass is 32.2. The molecule has 0 aromatic carbocycles. The Kier molecular flexibility index (Phi) is 5.74. The standard InChI is InChI=1S/C11H19NO4S2/c1-8-7-17-10(6-13)11(8)18(14,15)12-9(2)4-5-16-3/h7,9,12-13H,4-6H2,1-3H3. The molecular weight excluding hydrogens is 274 g/mol. The number of aliphatic hydroxyl groups is 1. The number of nitrogens with one attached hydrogen (secondary N) is 1. The van der Waals surface area contributed by atoms with Gasteiger partial charge in [-0.3, -0.25) is 0 Å². The van der Waals surface area contributed by atoms with E-state index in [0.29, 0.717) is 23.5 Å². The number of sulfonamides is 1. The van der Waals surface area contributed by atoms with Crippen molar-refractivity contribution in [3.8, 4) is 0 Å². The molecule has 1 aromatic heterocycles. The molecule has 1 rings (SSSR count). The van der Waals surface area contributed by atoms with Crippen LogP contribution < -0.4 is 4.72 Å². The van der Waals surface area contributed by atoms with E-state index in [0.717, 1.165) is 0 Å². The summed E-state index contributed by atoms with van der Waals surface area (Å²) in [4.78, 5) is 0.679. The predicted molar refractivity (Wildman–Crippen MR) is 71.3 cm³/mol. The fraction of sp³-hybridized carbons (Fsp3) is 0.636. The third-order valence-electron chi connectivity index (χ3n) is 2.51. The van der Waals surface area contributed by atoms with Crippen LogP contribution in [0.5, 0.6) is 0 Å². The van der Waals surface area contributed by atoms with Crippen LogP contribution in [0.15, 0.2) is 10.3 Å². The molecule has 0 saturated carbocycles. The van der Waals surface area contributed by atoms with Crippen molar-refractivity contribution in [3.63, 3.8) is 0 Å². The zero-order valence-electron chi connectivity index (χ0n) is 10.8. The third-order valence-corrected chi connectivity index (χ3v) is 5.55. The Morgan fingerprint density at radius 2 is 2.22 bits per heavy atom. The topological polar surface area (TPSA) is 75.6 Å². The minimum Gasteiger partial charge on any atom is -0.391 e. The van der Waals surface area contributed by atoms with Gasteiger partial charge < -0.3 is 9.84 Å². The second kappa shape index (κ2) is 6.63. The maximum absolute atomic E-state index is 12.2. The summed E-state index contributed by atoms with van der Waals surface area (Å²) in [6.45, 7) is 3.75. The fourth-order valence-corrected chi connectivity index (χ4v) is 4.57. The molecule has 0 radical (unpaired) electrons. The monoisotopic (exact) mass is 293 g/mol. The van der Waals surface area contributed by atoms with E-state index in [9.17, 15) is 8.42 Å². The largest absolute Gasteiger partial charge is 0.391 e. The molecule has 0 fully saturated rings. The van der Waals surface area contributed by atoms with E-state index in [4.69, 9.17) is 9.84 Å². The van der Waals surface area contributed by atoms with Crippen LogP contribution in [0.1, 0.15) is 23.8 Å². The molecule has 0 saturated heterocycles. The first kappa shape index (κ1) is 15.6. The molecule has 18 heavy (non-hydrogen) atoms. The molecule has 1 atom stereocenters. The van der Waals surface area contributed by atoms with Gasteiger partial charge in [-0.25, -0.2) is 13.1 Å². The summed E-state index contributed by atoms with van der Waals surface area (Å²) in [7, 11) is -2.00. The Bertz CT molecular complexity index is 481. The highest BCUT2D eigenvalue weighted by Gasteiger charge is 2.24. The molecule has 1 heterocycles. The normalized spacial score (nSPS) is 13.8. The number of hydrogen-bond donors (Lipinski definition) is 2. The number of aliphatic hydroxyl groups excluding tert-OH is 1. The van der Waals surface area contributed by atoms with Crippen LogP contribution in [0.25, 0.3) is 0 Å². The minimum absolute atomic E-state index is 0.208. The van der Waals surface area contributed by atoms with Crippen molar-refractivity contribution in [1.29, 1.82) is 0 Å². The summed E-state index contributed by atoms with van der Waals surface area (Å²) in [6, 6.07) is -0.208. The zero-order valence-corrected chi connectivity index (χ0v) is 12.4. The molecule has 104 valence electrons. The van der Waals surface area contributed by atoms with E-state index in [-0.39, 0.29) is 17.5 Å². The second-order valence-corrected chi connectivity index (χ2v) is 6.75. The van der Waals surface area contributed by atoms with Crippen molar-refractivity contribution in [2.24, 2.45) is 0 Å². The molecule has 0 amide bonds. The number of thiophene rings is 1. The first-order valence-corrected chi connectivity index (χ1v) is 7.97. The third kappa shape index (κ3) is 3.76. The number of methoxy groups -OCH3 is 1. The van der Waals surface area contributed by atoms with Crippen LogP contribution in [-0.4, -0.2) is 33.3 Å². The van der Waals surface area contributed by atoms with Crippen LogP contribution in [-0.2, 0) is 21.4 Å². The van der Waals surface area contributed by atoms with Gasteiger partial charge in [0, 0.05) is 19.8 Å². The van der Waals surface area contributed by atoms with Gasteiger partial charge in [-0.2, -0.15) is 0 Å². The Morgan fingerprint density at radius 3 is 2.78 bits per heavy atom. The number of ether oxygens (including phenoxy) is 1. The van der Waals surface area contributed by atoms with E-state index in [1.54, 1.807) is 26.3 Å². The molecule has 0 aliphatic heterocycles. The van der Waals surface area contributed by atoms with Crippen molar-refractivity contribution in [3.05, 3.63) is 15.8 Å². The van der Waals surface area contributed by atoms with Gasteiger partial charge in [0.15, 0.2) is 0 Å². The van der Waals surface area contributed by atoms with Gasteiger partial charge in [0.1, 0.15) is 4.90 Å². The summed E-state index contributed by atoms with van der Waals surface area (Å²) in [6.07, 6.45) is 0.605. The summed E-state index contributed by atoms with van der Waals surface area (Å²) >= 11 is 1.25. The van der Waals surface area contributed by atoms with Crippen molar-refractivity contribution < 1.29 is 18.3 Å². The lowest BCUT2D eigenvalue weighted by atomic mass is 10.3. The molecule has 2 N–H and O–H groups in total. The predicted octanol–water partition coefficient (Wildman–Crippen LogP) is 1.25. The maximum Gasteiger partial charge on any atom is 0.242 e. The van der Waals surface area contributed by atoms with Crippen molar-refractivity contribution in [2.45, 2.75) is 37.8 Å². The van der Waals surface area contributed by atoms with Crippen LogP contribution in [0.3, 0.4) is 0 Å². The number of aryl methyl sites for hydroxylation is 1. The molecule has 1 unspecified atom stereocenters. The van der Waals surface area contributed by atoms with Gasteiger partial charge >= 0.3 is 0 Å². The summed E-state index contributed by atoms with van der Waals surface area (Å²) in [5, 5.41) is 10.9. The van der Waals surface area contributed by atoms with Gasteiger partial charge in [0.25, 0.3) is 0 Å². The van der Waals surface area contributed by atoms with Crippen LogP contribution >= 0.6 is 11.3 Å². The Balaban J connectivity index is 2.89. The average Bonchev–Trinajstić information content (AvgIpc) is 2.67. The van der Waals surface area contributed by atoms with Gasteiger partial charge in [-0.05, 0) is 31.2 Å². The van der Waals surface area contributed by atoms with E-state index in [1.807, 2.05) is 0 Å². The average molecular weight is 293 g/mol. The van der Waals surface area contributed by atoms with Crippen molar-refractivity contribution in [2.75, 3.05) is 13.7 Å². The molecule has 1 aromatic rings. The summed E-state index contributed by atoms with van der Waals surface area (Å²) < 4.78 is 31.9. The first-order valence-electron chi connectivity index (χ1n) is 5.61. The molecule has 7 heteroatoms. The van der Waals surface area contributed by atoms with E-state index >= 15 is 0 Å². The van der Waals surface area contributed by atoms with Crippen molar-refractivity contribution >= 4 is 21.4 Å². The zero-order chi connectivity index (χ0) is 13.8. The minimum atomic E-state index is -3.58. The summed E-state index contributed by atoms with van der Waals surface area (Å²) in [5.74, 6) is 0. The van der Waals surface area contributed by atoms with Gasteiger partial charge in [0.05, 0.1) is 11.5 Å². The highest BCUT2D eigenvalue weighted by molar-refractivity contribution is 7.89. The molecular formula is C11H19NO4S2. The van der Waals surface area contributed by atoms with E-state index < -0.39 is 10.0 Å². The molecule has 5 nitrogen and oxygen atoms in total. The Hall–Kier alpha value is -0.470. The van der Waals surface area contributed by atoms with Crippen LogP contribution in [0.4, 0.5) is 0 Å². The number of hydrogen-bond acceptors (Lipinski definition) is 5. The maximum atomic E-state index is 12.2. The molecule has 0 aliphatic carbocycles. The Labute approximate surface area is 112 Å². The number of rotatable bonds is 7. The van der Waals surface area contributed by atoms with Gasteiger partial charge in [-0.15, -0.1) is 11.3 Å². The molecule has 0 aliphatic rings. The molecule has 0 spiro atoms. The fourth-order valence-electron chi connectivity index (χ4n) is 1.63. The highest BCUT2D eigenvalue weighted by Crippen LogP contribution is 2.26. The Morgan fingerprint density at radius 1 is 1.56 bits per heavy atom. The first-order chi connectivity index (χ1) is 8.42. The lowest BCUT2D eigenvalue weighted by molar-refractivity contribution is 0.188.